The second kappa shape index (κ2) is 3.65. The molecule has 2 N–H and O–H groups in total. The highest BCUT2D eigenvalue weighted by molar-refractivity contribution is 6.27. The second-order valence-electron chi connectivity index (χ2n) is 4.39. The SMILES string of the molecule is CC(O)c1cc2c([nH]1)C(=O)c1ccccc1C2=O. The molecular weight excluding hydrogens is 230 g/mol. The molecule has 0 spiro atoms. The van der Waals surface area contributed by atoms with Gasteiger partial charge in [-0.2, -0.15) is 0 Å². The zero-order chi connectivity index (χ0) is 12.9. The first kappa shape index (κ1) is 10.9. The van der Waals surface area contributed by atoms with Crippen LogP contribution in [0.3, 0.4) is 0 Å². The van der Waals surface area contributed by atoms with Crippen LogP contribution in [0.2, 0.25) is 0 Å². The van der Waals surface area contributed by atoms with Crippen molar-refractivity contribution >= 4 is 11.6 Å². The molecule has 0 radical (unpaired) electrons. The van der Waals surface area contributed by atoms with Crippen molar-refractivity contribution in [2.75, 3.05) is 0 Å². The van der Waals surface area contributed by atoms with Crippen molar-refractivity contribution in [2.45, 2.75) is 13.0 Å². The molecule has 3 rings (SSSR count). The fourth-order valence-corrected chi connectivity index (χ4v) is 2.22. The number of benzene rings is 1. The average molecular weight is 241 g/mol. The van der Waals surface area contributed by atoms with Crippen LogP contribution in [0.5, 0.6) is 0 Å². The predicted octanol–water partition coefficient (Wildman–Crippen LogP) is 1.84. The van der Waals surface area contributed by atoms with Crippen LogP contribution in [0.25, 0.3) is 0 Å². The maximum atomic E-state index is 12.2. The number of H-pyrrole nitrogens is 1. The standard InChI is InChI=1S/C14H11NO3/c1-7(16)11-6-10-12(15-11)14(18)9-5-3-2-4-8(9)13(10)17/h2-7,15-16H,1H3. The van der Waals surface area contributed by atoms with Crippen LogP contribution in [-0.2, 0) is 0 Å². The molecule has 1 aliphatic carbocycles. The highest BCUT2D eigenvalue weighted by Crippen LogP contribution is 2.28. The van der Waals surface area contributed by atoms with Gasteiger partial charge in [0.05, 0.1) is 17.4 Å². The van der Waals surface area contributed by atoms with E-state index in [1.165, 1.54) is 0 Å². The lowest BCUT2D eigenvalue weighted by Crippen LogP contribution is -2.19. The van der Waals surface area contributed by atoms with Gasteiger partial charge in [-0.1, -0.05) is 24.3 Å². The molecule has 4 heteroatoms. The lowest BCUT2D eigenvalue weighted by atomic mass is 9.88. The van der Waals surface area contributed by atoms with E-state index in [9.17, 15) is 14.7 Å². The van der Waals surface area contributed by atoms with Gasteiger partial charge in [-0.3, -0.25) is 9.59 Å². The summed E-state index contributed by atoms with van der Waals surface area (Å²) in [5.74, 6) is -0.379. The molecule has 1 unspecified atom stereocenters. The van der Waals surface area contributed by atoms with Crippen LogP contribution >= 0.6 is 0 Å². The van der Waals surface area contributed by atoms with E-state index >= 15 is 0 Å². The van der Waals surface area contributed by atoms with Crippen molar-refractivity contribution in [3.8, 4) is 0 Å². The number of hydrogen-bond donors (Lipinski definition) is 2. The number of rotatable bonds is 1. The topological polar surface area (TPSA) is 70.2 Å². The van der Waals surface area contributed by atoms with Crippen molar-refractivity contribution in [1.82, 2.24) is 4.98 Å². The van der Waals surface area contributed by atoms with Crippen molar-refractivity contribution in [3.63, 3.8) is 0 Å². The Balaban J connectivity index is 2.24. The van der Waals surface area contributed by atoms with Gasteiger partial charge in [0, 0.05) is 16.8 Å². The van der Waals surface area contributed by atoms with Crippen molar-refractivity contribution in [3.05, 3.63) is 58.4 Å². The smallest absolute Gasteiger partial charge is 0.210 e. The molecule has 0 saturated carbocycles. The molecule has 1 aromatic heterocycles. The van der Waals surface area contributed by atoms with Gasteiger partial charge in [-0.15, -0.1) is 0 Å². The minimum absolute atomic E-state index is 0.177. The molecule has 1 aliphatic rings. The lowest BCUT2D eigenvalue weighted by molar-refractivity contribution is 0.0977. The van der Waals surface area contributed by atoms with E-state index in [2.05, 4.69) is 4.98 Å². The maximum absolute atomic E-state index is 12.2. The normalized spacial score (nSPS) is 15.2. The van der Waals surface area contributed by atoms with Gasteiger partial charge in [0.15, 0.2) is 5.78 Å². The van der Waals surface area contributed by atoms with Gasteiger partial charge >= 0.3 is 0 Å². The fourth-order valence-electron chi connectivity index (χ4n) is 2.22. The number of carbonyl (C=O) groups is 2. The van der Waals surface area contributed by atoms with Crippen LogP contribution in [0.15, 0.2) is 30.3 Å². The number of hydrogen-bond acceptors (Lipinski definition) is 3. The monoisotopic (exact) mass is 241 g/mol. The molecule has 0 amide bonds. The zero-order valence-corrected chi connectivity index (χ0v) is 9.73. The Bertz CT molecular complexity index is 615. The first-order chi connectivity index (χ1) is 8.59. The molecule has 0 bridgehead atoms. The van der Waals surface area contributed by atoms with Crippen molar-refractivity contribution < 1.29 is 14.7 Å². The largest absolute Gasteiger partial charge is 0.387 e. The highest BCUT2D eigenvalue weighted by atomic mass is 16.3. The number of aliphatic hydroxyl groups is 1. The summed E-state index contributed by atoms with van der Waals surface area (Å²) in [7, 11) is 0. The molecule has 1 atom stereocenters. The van der Waals surface area contributed by atoms with E-state index in [1.807, 2.05) is 0 Å². The Hall–Kier alpha value is -2.20. The van der Waals surface area contributed by atoms with Gasteiger partial charge < -0.3 is 10.1 Å². The molecule has 0 fully saturated rings. The van der Waals surface area contributed by atoms with Crippen LogP contribution in [0.4, 0.5) is 0 Å². The Kier molecular flexibility index (Phi) is 2.21. The maximum Gasteiger partial charge on any atom is 0.210 e. The van der Waals surface area contributed by atoms with Gasteiger partial charge in [-0.25, -0.2) is 0 Å². The number of ketones is 2. The number of nitrogens with one attached hydrogen (secondary N) is 1. The Labute approximate surface area is 103 Å². The van der Waals surface area contributed by atoms with E-state index in [0.717, 1.165) is 0 Å². The number of aromatic nitrogens is 1. The summed E-state index contributed by atoms with van der Waals surface area (Å²) in [6, 6.07) is 8.30. The fraction of sp³-hybridized carbons (Fsp3) is 0.143. The molecule has 90 valence electrons. The molecular formula is C14H11NO3. The third-order valence-electron chi connectivity index (χ3n) is 3.18. The third kappa shape index (κ3) is 1.36. The van der Waals surface area contributed by atoms with Gasteiger partial charge in [0.1, 0.15) is 0 Å². The molecule has 0 saturated heterocycles. The quantitative estimate of drug-likeness (QED) is 0.683. The van der Waals surface area contributed by atoms with E-state index in [0.29, 0.717) is 22.4 Å². The minimum Gasteiger partial charge on any atom is -0.387 e. The lowest BCUT2D eigenvalue weighted by Gasteiger charge is -2.13. The number of aliphatic hydroxyl groups excluding tert-OH is 1. The first-order valence-corrected chi connectivity index (χ1v) is 5.69. The molecule has 1 aromatic carbocycles. The molecule has 18 heavy (non-hydrogen) atoms. The van der Waals surface area contributed by atoms with Crippen LogP contribution in [0.1, 0.15) is 50.7 Å². The molecule has 0 aliphatic heterocycles. The molecule has 2 aromatic rings. The Morgan fingerprint density at radius 1 is 1.06 bits per heavy atom. The summed E-state index contributed by atoms with van der Waals surface area (Å²) >= 11 is 0. The summed E-state index contributed by atoms with van der Waals surface area (Å²) in [6.45, 7) is 1.58. The summed E-state index contributed by atoms with van der Waals surface area (Å²) in [5, 5.41) is 9.51. The summed E-state index contributed by atoms with van der Waals surface area (Å²) in [6.07, 6.45) is -0.737. The molecule has 1 heterocycles. The number of fused-ring (bicyclic) bond motifs is 2. The number of aromatic amines is 1. The third-order valence-corrected chi connectivity index (χ3v) is 3.18. The van der Waals surface area contributed by atoms with Gasteiger partial charge in [0.25, 0.3) is 0 Å². The van der Waals surface area contributed by atoms with E-state index in [1.54, 1.807) is 37.3 Å². The first-order valence-electron chi connectivity index (χ1n) is 5.69. The Morgan fingerprint density at radius 3 is 2.28 bits per heavy atom. The van der Waals surface area contributed by atoms with E-state index in [4.69, 9.17) is 0 Å². The summed E-state index contributed by atoms with van der Waals surface area (Å²) in [4.78, 5) is 27.3. The van der Waals surface area contributed by atoms with E-state index in [-0.39, 0.29) is 17.3 Å². The second-order valence-corrected chi connectivity index (χ2v) is 4.39. The highest BCUT2D eigenvalue weighted by Gasteiger charge is 2.31. The van der Waals surface area contributed by atoms with Crippen molar-refractivity contribution in [2.24, 2.45) is 0 Å². The minimum atomic E-state index is -0.737. The van der Waals surface area contributed by atoms with Crippen LogP contribution in [0, 0.1) is 0 Å². The van der Waals surface area contributed by atoms with Crippen LogP contribution in [-0.4, -0.2) is 21.7 Å². The van der Waals surface area contributed by atoms with Crippen molar-refractivity contribution in [1.29, 1.82) is 0 Å². The summed E-state index contributed by atoms with van der Waals surface area (Å²) < 4.78 is 0. The average Bonchev–Trinajstić information content (AvgIpc) is 2.81. The van der Waals surface area contributed by atoms with Gasteiger partial charge in [-0.05, 0) is 13.0 Å². The number of carbonyl (C=O) groups excluding carboxylic acids is 2. The Morgan fingerprint density at radius 2 is 1.67 bits per heavy atom. The predicted molar refractivity (Wildman–Crippen MR) is 64.7 cm³/mol. The van der Waals surface area contributed by atoms with E-state index < -0.39 is 6.10 Å². The van der Waals surface area contributed by atoms with Gasteiger partial charge in [0.2, 0.25) is 5.78 Å². The van der Waals surface area contributed by atoms with Crippen LogP contribution < -0.4 is 0 Å². The molecule has 4 nitrogen and oxygen atoms in total. The zero-order valence-electron chi connectivity index (χ0n) is 9.73. The summed E-state index contributed by atoms with van der Waals surface area (Å²) in [5.41, 5.74) is 1.93.